The van der Waals surface area contributed by atoms with Gasteiger partial charge in [0.05, 0.1) is 0 Å². The summed E-state index contributed by atoms with van der Waals surface area (Å²) in [4.78, 5) is 0. The Labute approximate surface area is 246 Å². The van der Waals surface area contributed by atoms with Gasteiger partial charge in [-0.2, -0.15) is 0 Å². The van der Waals surface area contributed by atoms with Gasteiger partial charge in [-0.1, -0.05) is 65.0 Å². The summed E-state index contributed by atoms with van der Waals surface area (Å²) in [6.07, 6.45) is -5.94. The number of halogens is 15. The summed E-state index contributed by atoms with van der Waals surface area (Å²) in [5.74, 6) is -45.5. The van der Waals surface area contributed by atoms with Crippen molar-refractivity contribution in [2.24, 2.45) is 4.66 Å². The minimum absolute atomic E-state index is 1.04. The Morgan fingerprint density at radius 3 is 0.644 bits per heavy atom. The van der Waals surface area contributed by atoms with E-state index in [1.807, 2.05) is 0 Å². The molecule has 3 aromatic rings. The Morgan fingerprint density at radius 1 is 0.333 bits per heavy atom. The van der Waals surface area contributed by atoms with Crippen LogP contribution in [0.2, 0.25) is 0 Å². The summed E-state index contributed by atoms with van der Waals surface area (Å²) in [6, 6.07) is 0. The SMILES string of the molecule is CC(C)P(=N[B-](c1c(F)c(F)c(F)c(F)c1F)(c1c(F)c(F)c(F)c(F)c1F)c1c(F)c(F)c(F)c(F)c1F)(C(C)C)C(C)C. The lowest BCUT2D eigenvalue weighted by molar-refractivity contribution is 0.379. The molecule has 248 valence electrons. The highest BCUT2D eigenvalue weighted by atomic mass is 31.2. The van der Waals surface area contributed by atoms with Gasteiger partial charge >= 0.3 is 0 Å². The van der Waals surface area contributed by atoms with E-state index in [1.54, 1.807) is 0 Å². The van der Waals surface area contributed by atoms with Crippen LogP contribution in [0.25, 0.3) is 0 Å². The molecule has 1 nitrogen and oxygen atoms in total. The highest BCUT2D eigenvalue weighted by molar-refractivity contribution is 7.69. The van der Waals surface area contributed by atoms with E-state index in [1.165, 1.54) is 41.5 Å². The lowest BCUT2D eigenvalue weighted by Crippen LogP contribution is -2.72. The van der Waals surface area contributed by atoms with Gasteiger partial charge in [0.2, 0.25) is 6.28 Å². The van der Waals surface area contributed by atoms with Gasteiger partial charge in [0.1, 0.15) is 34.9 Å². The molecular weight excluding hydrogens is 665 g/mol. The van der Waals surface area contributed by atoms with Crippen LogP contribution in [0.4, 0.5) is 65.9 Å². The molecule has 0 radical (unpaired) electrons. The van der Waals surface area contributed by atoms with E-state index in [4.69, 9.17) is 0 Å². The van der Waals surface area contributed by atoms with Gasteiger partial charge in [0, 0.05) is 0 Å². The van der Waals surface area contributed by atoms with Crippen LogP contribution in [0.1, 0.15) is 41.5 Å². The Kier molecular flexibility index (Phi) is 9.91. The smallest absolute Gasteiger partial charge is 0.203 e. The number of benzene rings is 3. The second kappa shape index (κ2) is 12.3. The van der Waals surface area contributed by atoms with Crippen LogP contribution < -0.4 is 16.4 Å². The molecule has 0 bridgehead atoms. The molecule has 0 amide bonds. The molecule has 18 heteroatoms. The van der Waals surface area contributed by atoms with Crippen molar-refractivity contribution in [1.82, 2.24) is 0 Å². The van der Waals surface area contributed by atoms with Crippen molar-refractivity contribution in [3.05, 3.63) is 87.3 Å². The van der Waals surface area contributed by atoms with E-state index >= 15 is 26.3 Å². The largest absolute Gasteiger partial charge is 0.495 e. The fourth-order valence-corrected chi connectivity index (χ4v) is 11.4. The first-order valence-electron chi connectivity index (χ1n) is 12.9. The maximum Gasteiger partial charge on any atom is 0.203 e. The maximum atomic E-state index is 15.8. The molecule has 0 spiro atoms. The second-order valence-electron chi connectivity index (χ2n) is 11.0. The van der Waals surface area contributed by atoms with Crippen LogP contribution in [0.3, 0.4) is 0 Å². The normalized spacial score (nSPS) is 12.7. The third kappa shape index (κ3) is 5.03. The molecule has 3 rings (SSSR count). The Hall–Kier alpha value is -3.10. The van der Waals surface area contributed by atoms with E-state index in [0.717, 1.165) is 0 Å². The van der Waals surface area contributed by atoms with Crippen molar-refractivity contribution in [1.29, 1.82) is 0 Å². The molecule has 0 atom stereocenters. The van der Waals surface area contributed by atoms with Crippen molar-refractivity contribution in [3.8, 4) is 0 Å². The topological polar surface area (TPSA) is 12.4 Å². The first kappa shape index (κ1) is 36.4. The molecular formula is C27H21BF15NP-. The van der Waals surface area contributed by atoms with Crippen LogP contribution in [-0.4, -0.2) is 23.3 Å². The molecule has 45 heavy (non-hydrogen) atoms. The molecule has 0 aliphatic heterocycles. The summed E-state index contributed by atoms with van der Waals surface area (Å²) in [6.45, 7) is 7.71. The Balaban J connectivity index is 3.15. The monoisotopic (exact) mass is 686 g/mol. The number of nitrogens with zero attached hydrogens (tertiary/aromatic N) is 1. The quantitative estimate of drug-likeness (QED) is 0.0783. The van der Waals surface area contributed by atoms with Gasteiger partial charge in [-0.3, -0.25) is 0 Å². The zero-order chi connectivity index (χ0) is 34.8. The van der Waals surface area contributed by atoms with Crippen LogP contribution in [-0.2, 0) is 0 Å². The van der Waals surface area contributed by atoms with Gasteiger partial charge in [-0.25, -0.2) is 65.9 Å². The molecule has 0 heterocycles. The predicted octanol–water partition coefficient (Wildman–Crippen LogP) is 8.17. The van der Waals surface area contributed by atoms with Crippen LogP contribution in [0, 0.1) is 87.3 Å². The molecule has 0 saturated heterocycles. The summed E-state index contributed by atoms with van der Waals surface area (Å²) >= 11 is 0. The molecule has 3 aromatic carbocycles. The fraction of sp³-hybridized carbons (Fsp3) is 0.333. The van der Waals surface area contributed by atoms with Gasteiger partial charge in [0.25, 0.3) is 0 Å². The van der Waals surface area contributed by atoms with Crippen molar-refractivity contribution in [3.63, 3.8) is 0 Å². The van der Waals surface area contributed by atoms with E-state index in [2.05, 4.69) is 4.66 Å². The predicted molar refractivity (Wildman–Crippen MR) is 138 cm³/mol. The average Bonchev–Trinajstić information content (AvgIpc) is 2.97. The van der Waals surface area contributed by atoms with Gasteiger partial charge in [-0.15, -0.1) is 0 Å². The van der Waals surface area contributed by atoms with Gasteiger partial charge in [-0.05, 0) is 17.0 Å². The Bertz CT molecular complexity index is 1490. The third-order valence-corrected chi connectivity index (χ3v) is 13.5. The molecule has 0 fully saturated rings. The zero-order valence-corrected chi connectivity index (χ0v) is 24.8. The first-order valence-corrected chi connectivity index (χ1v) is 14.8. The first-order chi connectivity index (χ1) is 20.6. The second-order valence-corrected chi connectivity index (χ2v) is 15.9. The van der Waals surface area contributed by atoms with Crippen LogP contribution in [0.15, 0.2) is 4.66 Å². The van der Waals surface area contributed by atoms with Crippen molar-refractivity contribution >= 4 is 29.7 Å². The van der Waals surface area contributed by atoms with E-state index < -0.39 is 134 Å². The van der Waals surface area contributed by atoms with Crippen LogP contribution in [0.5, 0.6) is 0 Å². The Morgan fingerprint density at radius 2 is 0.489 bits per heavy atom. The van der Waals surface area contributed by atoms with E-state index in [9.17, 15) is 39.5 Å². The summed E-state index contributed by atoms with van der Waals surface area (Å²) in [5.41, 5.74) is -11.2. The summed E-state index contributed by atoms with van der Waals surface area (Å²) in [7, 11) is -3.94. The molecule has 0 N–H and O–H groups in total. The molecule has 0 aromatic heterocycles. The summed E-state index contributed by atoms with van der Waals surface area (Å²) < 4.78 is 230. The van der Waals surface area contributed by atoms with Crippen LogP contribution >= 0.6 is 7.05 Å². The molecule has 0 aliphatic rings. The van der Waals surface area contributed by atoms with Crippen molar-refractivity contribution in [2.75, 3.05) is 0 Å². The standard InChI is InChI=1S/C27H21BF15NP/c1-7(2)45(8(3)4,9(5)6)44-28(10-13(29)19(35)25(41)20(36)14(10)30,11-15(31)21(37)26(42)22(38)16(11)32)12-17(33)23(39)27(43)24(40)18(12)34/h7-9H,1-6H3/q-1. The molecule has 0 aliphatic carbocycles. The lowest BCUT2D eigenvalue weighted by Gasteiger charge is -2.49. The molecule has 0 unspecified atom stereocenters. The van der Waals surface area contributed by atoms with Crippen molar-refractivity contribution < 1.29 is 65.9 Å². The van der Waals surface area contributed by atoms with Crippen molar-refractivity contribution in [2.45, 2.75) is 58.5 Å². The van der Waals surface area contributed by atoms with E-state index in [-0.39, 0.29) is 0 Å². The minimum Gasteiger partial charge on any atom is -0.495 e. The van der Waals surface area contributed by atoms with E-state index in [0.29, 0.717) is 0 Å². The number of rotatable bonds is 7. The maximum absolute atomic E-state index is 15.8. The van der Waals surface area contributed by atoms with Gasteiger partial charge in [0.15, 0.2) is 52.4 Å². The molecule has 0 saturated carbocycles. The highest BCUT2D eigenvalue weighted by Crippen LogP contribution is 2.63. The highest BCUT2D eigenvalue weighted by Gasteiger charge is 2.50. The fourth-order valence-electron chi connectivity index (χ4n) is 6.06. The summed E-state index contributed by atoms with van der Waals surface area (Å²) in [5, 5.41) is 0. The van der Waals surface area contributed by atoms with Gasteiger partial charge < -0.3 is 4.66 Å². The zero-order valence-electron chi connectivity index (χ0n) is 23.9. The number of hydrogen-bond donors (Lipinski definition) is 0. The average molecular weight is 686 g/mol. The third-order valence-electron chi connectivity index (χ3n) is 7.84. The minimum atomic E-state index is -5.94. The number of hydrogen-bond acceptors (Lipinski definition) is 1. The lowest BCUT2D eigenvalue weighted by atomic mass is 9.24.